The van der Waals surface area contributed by atoms with E-state index in [2.05, 4.69) is 224 Å². The molecule has 0 saturated heterocycles. The fourth-order valence-corrected chi connectivity index (χ4v) is 19.7. The van der Waals surface area contributed by atoms with Gasteiger partial charge in [-0.3, -0.25) is 0 Å². The minimum atomic E-state index is -1.97. The van der Waals surface area contributed by atoms with E-state index in [0.29, 0.717) is 0 Å². The summed E-state index contributed by atoms with van der Waals surface area (Å²) in [6.07, 6.45) is 0.986. The van der Waals surface area contributed by atoms with Gasteiger partial charge in [0.15, 0.2) is 0 Å². The maximum absolute atomic E-state index is 9.50. The van der Waals surface area contributed by atoms with Crippen molar-refractivity contribution in [2.24, 2.45) is 0 Å². The molecule has 0 aliphatic carbocycles. The number of benzene rings is 8. The third kappa shape index (κ3) is 12.3. The molecule has 0 spiro atoms. The summed E-state index contributed by atoms with van der Waals surface area (Å²) in [5.74, 6) is -0.909. The zero-order valence-corrected chi connectivity index (χ0v) is 43.4. The van der Waals surface area contributed by atoms with Gasteiger partial charge in [0.05, 0.1) is 26.5 Å². The van der Waals surface area contributed by atoms with Crippen LogP contribution in [0.2, 0.25) is 0 Å². The molecule has 8 aromatic rings. The second kappa shape index (κ2) is 24.6. The molecular formula is C62H64O6P2. The van der Waals surface area contributed by atoms with Crippen LogP contribution in [-0.4, -0.2) is 26.2 Å². The molecule has 8 rings (SSSR count). The summed E-state index contributed by atoms with van der Waals surface area (Å²) in [6, 6.07) is 70.8. The van der Waals surface area contributed by atoms with Crippen LogP contribution in [0.5, 0.6) is 11.5 Å². The Labute approximate surface area is 416 Å². The van der Waals surface area contributed by atoms with E-state index < -0.39 is 39.3 Å². The van der Waals surface area contributed by atoms with Crippen LogP contribution in [0.1, 0.15) is 57.3 Å². The van der Waals surface area contributed by atoms with Crippen molar-refractivity contribution in [3.63, 3.8) is 0 Å². The van der Waals surface area contributed by atoms with E-state index in [1.165, 1.54) is 76.3 Å². The predicted molar refractivity (Wildman–Crippen MR) is 291 cm³/mol. The number of hydrogen-bond acceptors (Lipinski definition) is 6. The molecule has 0 atom stereocenters. The molecule has 0 amide bonds. The number of carboxylic acids is 2. The third-order valence-electron chi connectivity index (χ3n) is 12.8. The van der Waals surface area contributed by atoms with Crippen molar-refractivity contribution in [2.45, 2.75) is 66.7 Å². The average molecular weight is 967 g/mol. The van der Waals surface area contributed by atoms with Gasteiger partial charge in [0.1, 0.15) is 57.9 Å². The first-order valence-electron chi connectivity index (χ1n) is 23.5. The maximum atomic E-state index is 9.50. The molecule has 0 fully saturated rings. The zero-order chi connectivity index (χ0) is 50.3. The van der Waals surface area contributed by atoms with Crippen molar-refractivity contribution in [3.8, 4) is 11.5 Å². The van der Waals surface area contributed by atoms with Crippen molar-refractivity contribution in [1.82, 2.24) is 0 Å². The molecule has 0 N–H and O–H groups in total. The lowest BCUT2D eigenvalue weighted by atomic mass is 10.2. The highest BCUT2D eigenvalue weighted by molar-refractivity contribution is 7.95. The fourth-order valence-electron chi connectivity index (χ4n) is 9.53. The summed E-state index contributed by atoms with van der Waals surface area (Å²) < 4.78 is 11.1. The molecule has 0 aliphatic heterocycles. The lowest BCUT2D eigenvalue weighted by Crippen LogP contribution is -2.36. The molecular weight excluding hydrogens is 903 g/mol. The average Bonchev–Trinajstić information content (AvgIpc) is 3.36. The molecule has 0 unspecified atom stereocenters. The molecule has 0 saturated carbocycles. The van der Waals surface area contributed by atoms with Crippen LogP contribution in [-0.2, 0) is 21.9 Å². The smallest absolute Gasteiger partial charge is 0.119 e. The molecule has 70 heavy (non-hydrogen) atoms. The molecule has 8 aromatic carbocycles. The first-order valence-corrected chi connectivity index (χ1v) is 27.5. The number of aliphatic carboxylic acids is 2. The van der Waals surface area contributed by atoms with Crippen LogP contribution >= 0.6 is 14.5 Å². The maximum Gasteiger partial charge on any atom is 0.119 e. The van der Waals surface area contributed by atoms with Gasteiger partial charge >= 0.3 is 0 Å². The quantitative estimate of drug-likeness (QED) is 0.0951. The summed E-state index contributed by atoms with van der Waals surface area (Å²) in [5.41, 5.74) is 10.7. The minimum Gasteiger partial charge on any atom is -0.550 e. The van der Waals surface area contributed by atoms with Crippen LogP contribution < -0.4 is 51.5 Å². The molecule has 0 radical (unpaired) electrons. The van der Waals surface area contributed by atoms with E-state index in [0.717, 1.165) is 23.8 Å². The number of carbonyl (C=O) groups excluding carboxylic acids is 2. The highest BCUT2D eigenvalue weighted by Crippen LogP contribution is 2.61. The Kier molecular flexibility index (Phi) is 18.5. The highest BCUT2D eigenvalue weighted by Gasteiger charge is 2.49. The van der Waals surface area contributed by atoms with E-state index in [1.807, 2.05) is 12.1 Å². The Morgan fingerprint density at radius 3 is 0.786 bits per heavy atom. The Morgan fingerprint density at radius 1 is 0.357 bits per heavy atom. The Balaban J connectivity index is 0.000000199. The van der Waals surface area contributed by atoms with E-state index in [-0.39, 0.29) is 0 Å². The van der Waals surface area contributed by atoms with E-state index in [1.54, 1.807) is 14.2 Å². The Morgan fingerprint density at radius 2 is 0.586 bits per heavy atom. The summed E-state index contributed by atoms with van der Waals surface area (Å²) in [6.45, 7) is 13.5. The number of carbonyl (C=O) groups is 2. The number of aryl methyl sites for hydroxylation is 6. The van der Waals surface area contributed by atoms with Crippen molar-refractivity contribution >= 4 is 58.3 Å². The largest absolute Gasteiger partial charge is 0.550 e. The monoisotopic (exact) mass is 966 g/mol. The summed E-state index contributed by atoms with van der Waals surface area (Å²) in [5, 5.41) is 27.8. The molecule has 8 heteroatoms. The SMILES string of the molecule is COc1cccc(C[P+](c2ccccc2C)(c2ccccc2C)c2ccccc2C)c1.COc1cccc(C[P+](c2ccccc2C)(c2ccccc2C)c2ccccc2C)c1.O=C([O-])CCC(=O)[O-]. The second-order valence-corrected chi connectivity index (χ2v) is 24.4. The van der Waals surface area contributed by atoms with Gasteiger partial charge < -0.3 is 29.3 Å². The Bertz CT molecular complexity index is 2610. The third-order valence-corrected chi connectivity index (χ3v) is 22.4. The number of methoxy groups -OCH3 is 2. The first kappa shape index (κ1) is 52.5. The van der Waals surface area contributed by atoms with Crippen LogP contribution in [0.4, 0.5) is 0 Å². The number of hydrogen-bond donors (Lipinski definition) is 0. The van der Waals surface area contributed by atoms with Gasteiger partial charge in [-0.2, -0.15) is 0 Å². The Hall–Kier alpha value is -6.84. The van der Waals surface area contributed by atoms with Gasteiger partial charge in [0.25, 0.3) is 0 Å². The molecule has 358 valence electrons. The summed E-state index contributed by atoms with van der Waals surface area (Å²) in [7, 11) is -0.465. The molecule has 0 bridgehead atoms. The van der Waals surface area contributed by atoms with Gasteiger partial charge in [0, 0.05) is 11.9 Å². The molecule has 6 nitrogen and oxygen atoms in total. The topological polar surface area (TPSA) is 98.7 Å². The van der Waals surface area contributed by atoms with Gasteiger partial charge in [-0.05, 0) is 160 Å². The lowest BCUT2D eigenvalue weighted by molar-refractivity contribution is -0.315. The van der Waals surface area contributed by atoms with E-state index >= 15 is 0 Å². The van der Waals surface area contributed by atoms with Crippen molar-refractivity contribution in [3.05, 3.63) is 239 Å². The molecule has 0 aliphatic rings. The highest BCUT2D eigenvalue weighted by atomic mass is 31.2. The van der Waals surface area contributed by atoms with Crippen molar-refractivity contribution in [2.75, 3.05) is 14.2 Å². The minimum absolute atomic E-state index is 0.470. The van der Waals surface area contributed by atoms with E-state index in [4.69, 9.17) is 9.47 Å². The lowest BCUT2D eigenvalue weighted by Gasteiger charge is -2.31. The number of carboxylic acid groups (broad SMARTS) is 2. The van der Waals surface area contributed by atoms with Gasteiger partial charge in [-0.25, -0.2) is 0 Å². The number of rotatable bonds is 15. The van der Waals surface area contributed by atoms with Crippen LogP contribution in [0, 0.1) is 41.5 Å². The molecule has 0 aromatic heterocycles. The van der Waals surface area contributed by atoms with Crippen LogP contribution in [0.15, 0.2) is 194 Å². The van der Waals surface area contributed by atoms with Gasteiger partial charge in [-0.15, -0.1) is 0 Å². The van der Waals surface area contributed by atoms with Crippen LogP contribution in [0.3, 0.4) is 0 Å². The normalized spacial score (nSPS) is 11.0. The summed E-state index contributed by atoms with van der Waals surface area (Å²) in [4.78, 5) is 19.0. The van der Waals surface area contributed by atoms with Crippen molar-refractivity contribution < 1.29 is 29.3 Å². The van der Waals surface area contributed by atoms with Gasteiger partial charge in [0.2, 0.25) is 0 Å². The standard InChI is InChI=1S/2C29H30OP.C4H6O4/c2*1-22-12-5-8-17-27(22)31(28-18-9-6-13-23(28)2,29-19-10-7-14-24(29)3)21-25-15-11-16-26(20-25)30-4;5-3(6)1-2-4(7)8/h2*5-20H,21H2,1-4H3;1-2H2,(H,5,6)(H,7,8)/q2*+1;/p-2. The summed E-state index contributed by atoms with van der Waals surface area (Å²) >= 11 is 0. The van der Waals surface area contributed by atoms with Crippen molar-refractivity contribution in [1.29, 1.82) is 0 Å². The first-order chi connectivity index (χ1) is 33.7. The molecule has 0 heterocycles. The van der Waals surface area contributed by atoms with Gasteiger partial charge in [-0.1, -0.05) is 133 Å². The number of ether oxygens (including phenoxy) is 2. The van der Waals surface area contributed by atoms with E-state index in [9.17, 15) is 19.8 Å². The zero-order valence-electron chi connectivity index (χ0n) is 41.6. The fraction of sp³-hybridized carbons (Fsp3) is 0.194. The predicted octanol–water partition coefficient (Wildman–Crippen LogP) is 9.50. The van der Waals surface area contributed by atoms with Crippen LogP contribution in [0.25, 0.3) is 0 Å². The second-order valence-electron chi connectivity index (χ2n) is 17.6.